The highest BCUT2D eigenvalue weighted by molar-refractivity contribution is 8.00. The molecule has 1 aliphatic rings. The van der Waals surface area contributed by atoms with Crippen LogP contribution in [0.1, 0.15) is 34.5 Å². The Morgan fingerprint density at radius 2 is 2.21 bits per heavy atom. The number of piperidine rings is 1. The molecule has 1 atom stereocenters. The number of carbonyl (C=O) groups excluding carboxylic acids is 2. The second-order valence-electron chi connectivity index (χ2n) is 5.70. The number of thioether (sulfide) groups is 1. The van der Waals surface area contributed by atoms with E-state index in [0.29, 0.717) is 18.5 Å². The summed E-state index contributed by atoms with van der Waals surface area (Å²) in [6, 6.07) is 7.08. The van der Waals surface area contributed by atoms with E-state index in [1.807, 2.05) is 24.4 Å². The summed E-state index contributed by atoms with van der Waals surface area (Å²) in [6.45, 7) is 2.68. The van der Waals surface area contributed by atoms with Gasteiger partial charge in [0, 0.05) is 28.9 Å². The van der Waals surface area contributed by atoms with Gasteiger partial charge < -0.3 is 10.6 Å². The lowest BCUT2D eigenvalue weighted by molar-refractivity contribution is -0.124. The van der Waals surface area contributed by atoms with Crippen LogP contribution in [0.5, 0.6) is 0 Å². The van der Waals surface area contributed by atoms with Crippen LogP contribution in [-0.4, -0.2) is 29.4 Å². The van der Waals surface area contributed by atoms with Gasteiger partial charge in [-0.25, -0.2) is 4.98 Å². The first kappa shape index (κ1) is 17.0. The van der Waals surface area contributed by atoms with Gasteiger partial charge in [0.25, 0.3) is 5.91 Å². The van der Waals surface area contributed by atoms with Gasteiger partial charge in [-0.2, -0.15) is 0 Å². The quantitative estimate of drug-likeness (QED) is 0.804. The minimum atomic E-state index is -0.422. The number of thiazole rings is 1. The Bertz CT molecular complexity index is 728. The van der Waals surface area contributed by atoms with Crippen molar-refractivity contribution in [2.45, 2.75) is 35.9 Å². The molecule has 126 valence electrons. The van der Waals surface area contributed by atoms with E-state index in [9.17, 15) is 9.59 Å². The molecule has 0 aliphatic carbocycles. The first-order chi connectivity index (χ1) is 11.6. The second-order valence-corrected chi connectivity index (χ2v) is 7.78. The second kappa shape index (κ2) is 7.81. The fraction of sp³-hybridized carbons (Fsp3) is 0.353. The summed E-state index contributed by atoms with van der Waals surface area (Å²) in [5.41, 5.74) is 2.76. The summed E-state index contributed by atoms with van der Waals surface area (Å²) in [5.74, 6) is 0.521. The van der Waals surface area contributed by atoms with Gasteiger partial charge >= 0.3 is 0 Å². The van der Waals surface area contributed by atoms with Crippen LogP contribution >= 0.6 is 23.1 Å². The molecule has 1 aliphatic heterocycles. The molecule has 1 unspecified atom stereocenters. The van der Waals surface area contributed by atoms with Gasteiger partial charge in [0.15, 0.2) is 0 Å². The van der Waals surface area contributed by atoms with Crippen molar-refractivity contribution in [2.75, 3.05) is 6.54 Å². The molecule has 1 aromatic heterocycles. The third-order valence-electron chi connectivity index (χ3n) is 3.77. The summed E-state index contributed by atoms with van der Waals surface area (Å²) < 4.78 is 1.05. The summed E-state index contributed by atoms with van der Waals surface area (Å²) in [7, 11) is 0. The predicted octanol–water partition coefficient (Wildman–Crippen LogP) is 2.75. The fourth-order valence-electron chi connectivity index (χ4n) is 2.45. The summed E-state index contributed by atoms with van der Waals surface area (Å²) in [6.07, 6.45) is 1.59. The summed E-state index contributed by atoms with van der Waals surface area (Å²) >= 11 is 3.34. The van der Waals surface area contributed by atoms with Crippen LogP contribution in [0.3, 0.4) is 0 Å². The van der Waals surface area contributed by atoms with Crippen LogP contribution in [-0.2, 0) is 10.5 Å². The van der Waals surface area contributed by atoms with Crippen LogP contribution < -0.4 is 10.6 Å². The Morgan fingerprint density at radius 3 is 2.88 bits per heavy atom. The van der Waals surface area contributed by atoms with Crippen molar-refractivity contribution in [1.29, 1.82) is 0 Å². The molecule has 2 amide bonds. The highest BCUT2D eigenvalue weighted by Gasteiger charge is 2.23. The van der Waals surface area contributed by atoms with E-state index in [-0.39, 0.29) is 11.8 Å². The lowest BCUT2D eigenvalue weighted by atomic mass is 10.1. The van der Waals surface area contributed by atoms with Gasteiger partial charge in [0.2, 0.25) is 5.91 Å². The fourth-order valence-corrected chi connectivity index (χ4v) is 4.25. The Kier molecular flexibility index (Phi) is 5.52. The molecule has 2 heterocycles. The van der Waals surface area contributed by atoms with E-state index in [2.05, 4.69) is 15.6 Å². The average molecular weight is 361 g/mol. The molecule has 1 aromatic carbocycles. The number of carbonyl (C=O) groups is 2. The zero-order chi connectivity index (χ0) is 16.9. The van der Waals surface area contributed by atoms with Gasteiger partial charge in [-0.05, 0) is 37.5 Å². The summed E-state index contributed by atoms with van der Waals surface area (Å²) in [4.78, 5) is 28.4. The Hall–Kier alpha value is -1.86. The molecule has 0 spiro atoms. The molecule has 24 heavy (non-hydrogen) atoms. The maximum absolute atomic E-state index is 12.2. The summed E-state index contributed by atoms with van der Waals surface area (Å²) in [5, 5.41) is 7.61. The van der Waals surface area contributed by atoms with Crippen molar-refractivity contribution < 1.29 is 9.59 Å². The van der Waals surface area contributed by atoms with Crippen LogP contribution in [0.15, 0.2) is 34.0 Å². The van der Waals surface area contributed by atoms with E-state index in [0.717, 1.165) is 27.8 Å². The van der Waals surface area contributed by atoms with Crippen LogP contribution in [0, 0.1) is 6.92 Å². The highest BCUT2D eigenvalue weighted by Crippen LogP contribution is 2.26. The number of amides is 2. The molecule has 1 fully saturated rings. The van der Waals surface area contributed by atoms with E-state index in [1.54, 1.807) is 35.2 Å². The van der Waals surface area contributed by atoms with Gasteiger partial charge in [0.05, 0.1) is 0 Å². The molecular formula is C17H19N3O2S2. The maximum atomic E-state index is 12.2. The van der Waals surface area contributed by atoms with Crippen LogP contribution in [0.2, 0.25) is 0 Å². The molecule has 0 bridgehead atoms. The largest absolute Gasteiger partial charge is 0.354 e. The van der Waals surface area contributed by atoms with Crippen LogP contribution in [0.4, 0.5) is 0 Å². The lowest BCUT2D eigenvalue weighted by Crippen LogP contribution is -2.50. The van der Waals surface area contributed by atoms with Gasteiger partial charge in [-0.15, -0.1) is 11.3 Å². The molecule has 5 nitrogen and oxygen atoms in total. The molecule has 0 saturated carbocycles. The van der Waals surface area contributed by atoms with Crippen molar-refractivity contribution >= 4 is 34.9 Å². The maximum Gasteiger partial charge on any atom is 0.251 e. The van der Waals surface area contributed by atoms with E-state index in [4.69, 9.17) is 0 Å². The zero-order valence-electron chi connectivity index (χ0n) is 13.4. The highest BCUT2D eigenvalue weighted by atomic mass is 32.2. The van der Waals surface area contributed by atoms with Gasteiger partial charge in [-0.1, -0.05) is 23.9 Å². The molecule has 0 radical (unpaired) electrons. The minimum Gasteiger partial charge on any atom is -0.354 e. The SMILES string of the molecule is Cc1csc(SCc2ccc(C(=O)NC3CCCNC3=O)cc2)n1. The van der Waals surface area contributed by atoms with Crippen molar-refractivity contribution in [3.05, 3.63) is 46.5 Å². The number of hydrogen-bond donors (Lipinski definition) is 2. The molecule has 1 saturated heterocycles. The first-order valence-electron chi connectivity index (χ1n) is 7.84. The van der Waals surface area contributed by atoms with Crippen LogP contribution in [0.25, 0.3) is 0 Å². The van der Waals surface area contributed by atoms with Gasteiger partial charge in [0.1, 0.15) is 10.4 Å². The first-order valence-corrected chi connectivity index (χ1v) is 9.71. The Labute approximate surface area is 149 Å². The van der Waals surface area contributed by atoms with Crippen molar-refractivity contribution in [1.82, 2.24) is 15.6 Å². The monoisotopic (exact) mass is 361 g/mol. The topological polar surface area (TPSA) is 71.1 Å². The standard InChI is InChI=1S/C17H19N3O2S2/c1-11-9-23-17(19-11)24-10-12-4-6-13(7-5-12)15(21)20-14-3-2-8-18-16(14)22/h4-7,9,14H,2-3,8,10H2,1H3,(H,18,22)(H,20,21). The molecule has 2 N–H and O–H groups in total. The normalized spacial score (nSPS) is 17.4. The number of aromatic nitrogens is 1. The third-order valence-corrected chi connectivity index (χ3v) is 5.98. The van der Waals surface area contributed by atoms with E-state index < -0.39 is 6.04 Å². The molecule has 3 rings (SSSR count). The molecule has 7 heteroatoms. The van der Waals surface area contributed by atoms with Gasteiger partial charge in [-0.3, -0.25) is 9.59 Å². The predicted molar refractivity (Wildman–Crippen MR) is 96.4 cm³/mol. The van der Waals surface area contributed by atoms with E-state index >= 15 is 0 Å². The number of benzene rings is 1. The number of nitrogens with one attached hydrogen (secondary N) is 2. The smallest absolute Gasteiger partial charge is 0.251 e. The van der Waals surface area contributed by atoms with Crippen molar-refractivity contribution in [2.24, 2.45) is 0 Å². The van der Waals surface area contributed by atoms with Crippen molar-refractivity contribution in [3.8, 4) is 0 Å². The number of hydrogen-bond acceptors (Lipinski definition) is 5. The average Bonchev–Trinajstić information content (AvgIpc) is 3.01. The van der Waals surface area contributed by atoms with E-state index in [1.165, 1.54) is 0 Å². The Morgan fingerprint density at radius 1 is 1.42 bits per heavy atom. The number of aryl methyl sites for hydroxylation is 1. The number of rotatable bonds is 5. The Balaban J connectivity index is 1.55. The lowest BCUT2D eigenvalue weighted by Gasteiger charge is -2.22. The minimum absolute atomic E-state index is 0.0960. The zero-order valence-corrected chi connectivity index (χ0v) is 15.0. The third kappa shape index (κ3) is 4.36. The van der Waals surface area contributed by atoms with Crippen molar-refractivity contribution in [3.63, 3.8) is 0 Å². The number of nitrogens with zero attached hydrogens (tertiary/aromatic N) is 1. The molecular weight excluding hydrogens is 342 g/mol. The molecule has 2 aromatic rings.